The highest BCUT2D eigenvalue weighted by atomic mass is 19.4. The van der Waals surface area contributed by atoms with Gasteiger partial charge in [0, 0.05) is 0 Å². The summed E-state index contributed by atoms with van der Waals surface area (Å²) in [4.78, 5) is 10.7. The largest absolute Gasteiger partial charge is 0.462 e. The fraction of sp³-hybridized carbons (Fsp3) is 0.667. The predicted molar refractivity (Wildman–Crippen MR) is 45.8 cm³/mol. The lowest BCUT2D eigenvalue weighted by Crippen LogP contribution is -2.23. The minimum Gasteiger partial charge on any atom is -0.462 e. The molecule has 0 aromatic rings. The van der Waals surface area contributed by atoms with E-state index in [0.717, 1.165) is 6.42 Å². The molecule has 7 heteroatoms. The lowest BCUT2D eigenvalue weighted by Gasteiger charge is -2.09. The summed E-state index contributed by atoms with van der Waals surface area (Å²) in [6.45, 7) is 1.55. The summed E-state index contributed by atoms with van der Waals surface area (Å²) in [5.41, 5.74) is -2.52. The van der Waals surface area contributed by atoms with Crippen molar-refractivity contribution in [1.82, 2.24) is 0 Å². The van der Waals surface area contributed by atoms with E-state index in [2.05, 4.69) is 4.74 Å². The van der Waals surface area contributed by atoms with Gasteiger partial charge in [-0.25, -0.2) is 4.79 Å². The molecule has 0 rings (SSSR count). The first kappa shape index (κ1) is 14.9. The van der Waals surface area contributed by atoms with Crippen molar-refractivity contribution in [1.29, 1.82) is 0 Å². The summed E-state index contributed by atoms with van der Waals surface area (Å²) in [5, 5.41) is 0. The third-order valence-electron chi connectivity index (χ3n) is 1.66. The Kier molecular flexibility index (Phi) is 5.98. The SMILES string of the molecule is CCCCCOC(=O)C(=C(F)F)C(F)(F)F. The van der Waals surface area contributed by atoms with E-state index in [-0.39, 0.29) is 6.61 Å². The highest BCUT2D eigenvalue weighted by Crippen LogP contribution is 2.30. The average Bonchev–Trinajstić information content (AvgIpc) is 2.09. The Hall–Kier alpha value is -1.14. The molecule has 94 valence electrons. The molecule has 0 unspecified atom stereocenters. The van der Waals surface area contributed by atoms with Crippen LogP contribution in [0.5, 0.6) is 0 Å². The van der Waals surface area contributed by atoms with Crippen LogP contribution in [0.15, 0.2) is 11.7 Å². The Labute approximate surface area is 89.1 Å². The average molecular weight is 246 g/mol. The van der Waals surface area contributed by atoms with E-state index in [1.165, 1.54) is 0 Å². The maximum atomic E-state index is 12.0. The summed E-state index contributed by atoms with van der Waals surface area (Å²) >= 11 is 0. The zero-order chi connectivity index (χ0) is 12.8. The number of halogens is 5. The second kappa shape index (κ2) is 6.44. The van der Waals surface area contributed by atoms with Crippen molar-refractivity contribution in [2.75, 3.05) is 6.61 Å². The Morgan fingerprint density at radius 1 is 1.19 bits per heavy atom. The maximum Gasteiger partial charge on any atom is 0.428 e. The highest BCUT2D eigenvalue weighted by molar-refractivity contribution is 5.90. The molecule has 0 N–H and O–H groups in total. The van der Waals surface area contributed by atoms with Gasteiger partial charge in [0.15, 0.2) is 0 Å². The van der Waals surface area contributed by atoms with E-state index in [1.807, 2.05) is 6.92 Å². The summed E-state index contributed by atoms with van der Waals surface area (Å²) in [6, 6.07) is 0. The lowest BCUT2D eigenvalue weighted by molar-refractivity contribution is -0.152. The Morgan fingerprint density at radius 3 is 2.12 bits per heavy atom. The minimum absolute atomic E-state index is 0.292. The molecule has 0 bridgehead atoms. The molecule has 0 heterocycles. The number of rotatable bonds is 5. The van der Waals surface area contributed by atoms with Crippen LogP contribution in [-0.2, 0) is 9.53 Å². The monoisotopic (exact) mass is 246 g/mol. The molecule has 0 saturated carbocycles. The van der Waals surface area contributed by atoms with Crippen LogP contribution in [0.2, 0.25) is 0 Å². The smallest absolute Gasteiger partial charge is 0.428 e. The van der Waals surface area contributed by atoms with Crippen LogP contribution < -0.4 is 0 Å². The second-order valence-corrected chi connectivity index (χ2v) is 2.98. The van der Waals surface area contributed by atoms with E-state index in [1.54, 1.807) is 0 Å². The molecule has 0 aliphatic carbocycles. The molecule has 0 amide bonds. The zero-order valence-corrected chi connectivity index (χ0v) is 8.53. The van der Waals surface area contributed by atoms with Gasteiger partial charge in [-0.3, -0.25) is 0 Å². The van der Waals surface area contributed by atoms with E-state index < -0.39 is 23.8 Å². The third-order valence-corrected chi connectivity index (χ3v) is 1.66. The van der Waals surface area contributed by atoms with E-state index >= 15 is 0 Å². The number of esters is 1. The number of hydrogen-bond donors (Lipinski definition) is 0. The Balaban J connectivity index is 4.40. The van der Waals surface area contributed by atoms with Gasteiger partial charge in [0.05, 0.1) is 6.61 Å². The fourth-order valence-electron chi connectivity index (χ4n) is 0.889. The summed E-state index contributed by atoms with van der Waals surface area (Å²) in [7, 11) is 0. The van der Waals surface area contributed by atoms with Crippen LogP contribution in [0, 0.1) is 0 Å². The standard InChI is InChI=1S/C9H11F5O2/c1-2-3-4-5-16-8(15)6(7(10)11)9(12,13)14/h2-5H2,1H3. The molecular weight excluding hydrogens is 235 g/mol. The molecule has 0 saturated heterocycles. The topological polar surface area (TPSA) is 26.3 Å². The van der Waals surface area contributed by atoms with Crippen LogP contribution in [0.25, 0.3) is 0 Å². The molecule has 0 atom stereocenters. The zero-order valence-electron chi connectivity index (χ0n) is 8.53. The molecule has 0 aromatic heterocycles. The van der Waals surface area contributed by atoms with Gasteiger partial charge in [-0.15, -0.1) is 0 Å². The van der Waals surface area contributed by atoms with Crippen LogP contribution in [-0.4, -0.2) is 18.8 Å². The fourth-order valence-corrected chi connectivity index (χ4v) is 0.889. The minimum atomic E-state index is -5.39. The van der Waals surface area contributed by atoms with Crippen LogP contribution in [0.1, 0.15) is 26.2 Å². The molecule has 0 radical (unpaired) electrons. The third kappa shape index (κ3) is 5.09. The van der Waals surface area contributed by atoms with Gasteiger partial charge in [-0.1, -0.05) is 19.8 Å². The molecular formula is C9H11F5O2. The quantitative estimate of drug-likeness (QED) is 0.321. The highest BCUT2D eigenvalue weighted by Gasteiger charge is 2.44. The maximum absolute atomic E-state index is 12.0. The van der Waals surface area contributed by atoms with Crippen molar-refractivity contribution < 1.29 is 31.5 Å². The molecule has 0 aliphatic rings. The van der Waals surface area contributed by atoms with Crippen molar-refractivity contribution >= 4 is 5.97 Å². The predicted octanol–water partition coefficient (Wildman–Crippen LogP) is 3.43. The normalized spacial score (nSPS) is 11.1. The molecule has 16 heavy (non-hydrogen) atoms. The summed E-state index contributed by atoms with van der Waals surface area (Å²) in [5.74, 6) is -2.02. The van der Waals surface area contributed by atoms with Gasteiger partial charge in [0.1, 0.15) is 0 Å². The lowest BCUT2D eigenvalue weighted by atomic mass is 10.2. The van der Waals surface area contributed by atoms with Crippen molar-refractivity contribution in [2.24, 2.45) is 0 Å². The number of ether oxygens (including phenoxy) is 1. The molecule has 0 fully saturated rings. The first-order chi connectivity index (χ1) is 7.30. The molecule has 0 aromatic carbocycles. The number of carbonyl (C=O) groups excluding carboxylic acids is 1. The number of alkyl halides is 3. The van der Waals surface area contributed by atoms with Gasteiger partial charge in [0.2, 0.25) is 5.57 Å². The molecule has 2 nitrogen and oxygen atoms in total. The van der Waals surface area contributed by atoms with E-state index in [0.29, 0.717) is 12.8 Å². The molecule has 0 spiro atoms. The van der Waals surface area contributed by atoms with Crippen molar-refractivity contribution in [3.05, 3.63) is 11.7 Å². The van der Waals surface area contributed by atoms with E-state index in [4.69, 9.17) is 0 Å². The Bertz CT molecular complexity index is 266. The first-order valence-corrected chi connectivity index (χ1v) is 4.60. The van der Waals surface area contributed by atoms with Crippen molar-refractivity contribution in [2.45, 2.75) is 32.4 Å². The summed E-state index contributed by atoms with van der Waals surface area (Å²) in [6.07, 6.45) is -6.69. The van der Waals surface area contributed by atoms with Crippen LogP contribution in [0.3, 0.4) is 0 Å². The second-order valence-electron chi connectivity index (χ2n) is 2.98. The number of unbranched alkanes of at least 4 members (excludes halogenated alkanes) is 2. The van der Waals surface area contributed by atoms with Crippen LogP contribution >= 0.6 is 0 Å². The van der Waals surface area contributed by atoms with Gasteiger partial charge in [-0.2, -0.15) is 22.0 Å². The number of carbonyl (C=O) groups is 1. The Morgan fingerprint density at radius 2 is 1.75 bits per heavy atom. The van der Waals surface area contributed by atoms with Gasteiger partial charge in [0.25, 0.3) is 6.08 Å². The van der Waals surface area contributed by atoms with E-state index in [9.17, 15) is 26.7 Å². The first-order valence-electron chi connectivity index (χ1n) is 4.60. The van der Waals surface area contributed by atoms with Crippen molar-refractivity contribution in [3.8, 4) is 0 Å². The van der Waals surface area contributed by atoms with Gasteiger partial charge in [-0.05, 0) is 6.42 Å². The van der Waals surface area contributed by atoms with Crippen LogP contribution in [0.4, 0.5) is 22.0 Å². The van der Waals surface area contributed by atoms with Gasteiger partial charge < -0.3 is 4.74 Å². The van der Waals surface area contributed by atoms with Crippen molar-refractivity contribution in [3.63, 3.8) is 0 Å². The summed E-state index contributed by atoms with van der Waals surface area (Å²) < 4.78 is 63.7. The molecule has 0 aliphatic heterocycles. The number of hydrogen-bond acceptors (Lipinski definition) is 2. The van der Waals surface area contributed by atoms with Gasteiger partial charge >= 0.3 is 12.1 Å².